The van der Waals surface area contributed by atoms with Crippen molar-refractivity contribution in [3.8, 4) is 0 Å². The van der Waals surface area contributed by atoms with Gasteiger partial charge in [-0.3, -0.25) is 4.79 Å². The lowest BCUT2D eigenvalue weighted by Gasteiger charge is -2.41. The SMILES string of the molecule is CC1CCC(Br)(C(C)(C)Br)C(=O)C1. The maximum atomic E-state index is 11.9. The van der Waals surface area contributed by atoms with E-state index in [-0.39, 0.29) is 8.65 Å². The van der Waals surface area contributed by atoms with Crippen LogP contribution in [0.1, 0.15) is 40.0 Å². The molecule has 0 heterocycles. The molecule has 1 fully saturated rings. The van der Waals surface area contributed by atoms with Crippen LogP contribution in [0.3, 0.4) is 0 Å². The van der Waals surface area contributed by atoms with Crippen molar-refractivity contribution >= 4 is 37.6 Å². The van der Waals surface area contributed by atoms with E-state index in [4.69, 9.17) is 0 Å². The highest BCUT2D eigenvalue weighted by molar-refractivity contribution is 9.13. The molecule has 0 aromatic rings. The molecule has 0 spiro atoms. The van der Waals surface area contributed by atoms with Gasteiger partial charge < -0.3 is 0 Å². The zero-order chi connectivity index (χ0) is 10.3. The molecule has 0 aromatic carbocycles. The monoisotopic (exact) mass is 310 g/mol. The summed E-state index contributed by atoms with van der Waals surface area (Å²) < 4.78 is -0.510. The molecule has 3 heteroatoms. The van der Waals surface area contributed by atoms with Crippen molar-refractivity contribution in [2.75, 3.05) is 0 Å². The normalized spacial score (nSPS) is 36.4. The third kappa shape index (κ3) is 2.17. The Labute approximate surface area is 96.9 Å². The number of carbonyl (C=O) groups is 1. The highest BCUT2D eigenvalue weighted by Crippen LogP contribution is 2.47. The van der Waals surface area contributed by atoms with Crippen LogP contribution in [-0.2, 0) is 4.79 Å². The number of Topliss-reactive ketones (excluding diaryl/α,β-unsaturated/α-hetero) is 1. The van der Waals surface area contributed by atoms with Crippen LogP contribution in [0.5, 0.6) is 0 Å². The van der Waals surface area contributed by atoms with Gasteiger partial charge in [0.2, 0.25) is 0 Å². The predicted molar refractivity (Wildman–Crippen MR) is 62.7 cm³/mol. The Balaban J connectivity index is 2.86. The lowest BCUT2D eigenvalue weighted by Crippen LogP contribution is -2.50. The van der Waals surface area contributed by atoms with Gasteiger partial charge in [-0.1, -0.05) is 38.8 Å². The minimum Gasteiger partial charge on any atom is -0.298 e. The molecule has 2 atom stereocenters. The van der Waals surface area contributed by atoms with Gasteiger partial charge in [-0.25, -0.2) is 0 Å². The molecule has 1 aliphatic rings. The molecule has 0 N–H and O–H groups in total. The van der Waals surface area contributed by atoms with Crippen molar-refractivity contribution in [3.05, 3.63) is 0 Å². The van der Waals surface area contributed by atoms with Crippen molar-refractivity contribution in [1.29, 1.82) is 0 Å². The third-order valence-electron chi connectivity index (χ3n) is 2.90. The van der Waals surface area contributed by atoms with E-state index in [2.05, 4.69) is 52.6 Å². The van der Waals surface area contributed by atoms with E-state index in [1.807, 2.05) is 0 Å². The van der Waals surface area contributed by atoms with Crippen LogP contribution >= 0.6 is 31.9 Å². The summed E-state index contributed by atoms with van der Waals surface area (Å²) in [5, 5.41) is 0. The lowest BCUT2D eigenvalue weighted by molar-refractivity contribution is -0.124. The summed E-state index contributed by atoms with van der Waals surface area (Å²) in [4.78, 5) is 11.9. The third-order valence-corrected chi connectivity index (χ3v) is 5.94. The van der Waals surface area contributed by atoms with Crippen LogP contribution < -0.4 is 0 Å². The second-order valence-corrected chi connectivity index (χ2v) is 7.88. The van der Waals surface area contributed by atoms with E-state index in [0.29, 0.717) is 18.1 Å². The zero-order valence-corrected chi connectivity index (χ0v) is 11.5. The fourth-order valence-electron chi connectivity index (χ4n) is 1.79. The molecule has 0 bridgehead atoms. The number of ketones is 1. The van der Waals surface area contributed by atoms with E-state index in [1.165, 1.54) is 0 Å². The maximum Gasteiger partial charge on any atom is 0.151 e. The number of halogens is 2. The molecule has 1 aliphatic carbocycles. The molecule has 76 valence electrons. The average molecular weight is 312 g/mol. The first-order valence-electron chi connectivity index (χ1n) is 4.68. The van der Waals surface area contributed by atoms with Crippen LogP contribution in [0.2, 0.25) is 0 Å². The quantitative estimate of drug-likeness (QED) is 0.675. The molecule has 0 aromatic heterocycles. The fourth-order valence-corrected chi connectivity index (χ4v) is 2.60. The van der Waals surface area contributed by atoms with Gasteiger partial charge >= 0.3 is 0 Å². The summed E-state index contributed by atoms with van der Waals surface area (Å²) in [7, 11) is 0. The van der Waals surface area contributed by atoms with Gasteiger partial charge in [0.1, 0.15) is 0 Å². The standard InChI is InChI=1S/C10H16Br2O/c1-7-4-5-10(12,8(13)6-7)9(2,3)11/h7H,4-6H2,1-3H3. The van der Waals surface area contributed by atoms with Crippen molar-refractivity contribution < 1.29 is 4.79 Å². The highest BCUT2D eigenvalue weighted by Gasteiger charge is 2.49. The Bertz CT molecular complexity index is 219. The van der Waals surface area contributed by atoms with Crippen LogP contribution in [-0.4, -0.2) is 14.4 Å². The molecule has 1 rings (SSSR count). The van der Waals surface area contributed by atoms with Gasteiger partial charge in [0.05, 0.1) is 4.32 Å². The average Bonchev–Trinajstić information content (AvgIpc) is 1.95. The molecule has 0 aliphatic heterocycles. The predicted octanol–water partition coefficient (Wildman–Crippen LogP) is 3.68. The first-order chi connectivity index (χ1) is 5.77. The van der Waals surface area contributed by atoms with Crippen LogP contribution in [0.25, 0.3) is 0 Å². The molecule has 1 nitrogen and oxygen atoms in total. The number of alkyl halides is 2. The summed E-state index contributed by atoms with van der Waals surface area (Å²) in [5.74, 6) is 0.890. The van der Waals surface area contributed by atoms with Crippen molar-refractivity contribution in [2.24, 2.45) is 5.92 Å². The van der Waals surface area contributed by atoms with Gasteiger partial charge in [-0.2, -0.15) is 0 Å². The van der Waals surface area contributed by atoms with Gasteiger partial charge in [-0.15, -0.1) is 0 Å². The van der Waals surface area contributed by atoms with Crippen LogP contribution in [0.15, 0.2) is 0 Å². The van der Waals surface area contributed by atoms with Crippen LogP contribution in [0.4, 0.5) is 0 Å². The zero-order valence-electron chi connectivity index (χ0n) is 8.36. The lowest BCUT2D eigenvalue weighted by atomic mass is 9.76. The summed E-state index contributed by atoms with van der Waals surface area (Å²) in [6.07, 6.45) is 2.78. The smallest absolute Gasteiger partial charge is 0.151 e. The Kier molecular flexibility index (Phi) is 3.29. The molecule has 2 unspecified atom stereocenters. The van der Waals surface area contributed by atoms with E-state index >= 15 is 0 Å². The second kappa shape index (κ2) is 3.65. The molecular weight excluding hydrogens is 296 g/mol. The Morgan fingerprint density at radius 2 is 2.08 bits per heavy atom. The van der Waals surface area contributed by atoms with E-state index < -0.39 is 0 Å². The summed E-state index contributed by atoms with van der Waals surface area (Å²) in [6.45, 7) is 6.25. The Hall–Kier alpha value is 0.630. The van der Waals surface area contributed by atoms with Crippen molar-refractivity contribution in [1.82, 2.24) is 0 Å². The number of hydrogen-bond donors (Lipinski definition) is 0. The minimum atomic E-state index is -0.355. The molecule has 1 saturated carbocycles. The fraction of sp³-hybridized carbons (Fsp3) is 0.900. The molecule has 0 saturated heterocycles. The summed E-state index contributed by atoms with van der Waals surface area (Å²) >= 11 is 7.20. The first-order valence-corrected chi connectivity index (χ1v) is 6.27. The summed E-state index contributed by atoms with van der Waals surface area (Å²) in [5.41, 5.74) is 0. The number of rotatable bonds is 1. The largest absolute Gasteiger partial charge is 0.298 e. The number of carbonyl (C=O) groups excluding carboxylic acids is 1. The topological polar surface area (TPSA) is 17.1 Å². The Morgan fingerprint density at radius 1 is 1.54 bits per heavy atom. The highest BCUT2D eigenvalue weighted by atomic mass is 79.9. The molecule has 0 amide bonds. The van der Waals surface area contributed by atoms with E-state index in [9.17, 15) is 4.79 Å². The first kappa shape index (κ1) is 11.7. The molecule has 13 heavy (non-hydrogen) atoms. The van der Waals surface area contributed by atoms with Gasteiger partial charge in [0.25, 0.3) is 0 Å². The van der Waals surface area contributed by atoms with Crippen molar-refractivity contribution in [3.63, 3.8) is 0 Å². The summed E-state index contributed by atoms with van der Waals surface area (Å²) in [6, 6.07) is 0. The van der Waals surface area contributed by atoms with Crippen molar-refractivity contribution in [2.45, 2.75) is 48.7 Å². The van der Waals surface area contributed by atoms with Crippen LogP contribution in [0, 0.1) is 5.92 Å². The van der Waals surface area contributed by atoms with E-state index in [0.717, 1.165) is 12.8 Å². The number of hydrogen-bond acceptors (Lipinski definition) is 1. The molecule has 0 radical (unpaired) electrons. The van der Waals surface area contributed by atoms with Gasteiger partial charge in [-0.05, 0) is 32.6 Å². The van der Waals surface area contributed by atoms with E-state index in [1.54, 1.807) is 0 Å². The minimum absolute atomic E-state index is 0.156. The molecular formula is C10H16Br2O. The van der Waals surface area contributed by atoms with Gasteiger partial charge in [0.15, 0.2) is 5.78 Å². The maximum absolute atomic E-state index is 11.9. The van der Waals surface area contributed by atoms with Gasteiger partial charge in [0, 0.05) is 10.7 Å². The second-order valence-electron chi connectivity index (χ2n) is 4.54. The Morgan fingerprint density at radius 3 is 2.46 bits per heavy atom.